The molecule has 3 rings (SSSR count). The van der Waals surface area contributed by atoms with E-state index in [4.69, 9.17) is 4.74 Å². The highest BCUT2D eigenvalue weighted by molar-refractivity contribution is 7.09. The standard InChI is InChI=1S/C16H16N4O5S/c1-10-18-11(9-26-10)4-5-17-15(21)7-19-13-6-12(20(23)24)2-3-14(13)25-8-16(19)22/h2-3,6,9H,4-5,7-8H2,1H3,(H,17,21). The second-order valence-electron chi connectivity index (χ2n) is 5.64. The molecule has 0 fully saturated rings. The van der Waals surface area contributed by atoms with E-state index in [0.717, 1.165) is 10.7 Å². The van der Waals surface area contributed by atoms with Crippen LogP contribution in [0.5, 0.6) is 5.75 Å². The van der Waals surface area contributed by atoms with E-state index >= 15 is 0 Å². The van der Waals surface area contributed by atoms with Crippen LogP contribution in [0.4, 0.5) is 11.4 Å². The Morgan fingerprint density at radius 1 is 1.50 bits per heavy atom. The Balaban J connectivity index is 1.65. The number of aromatic nitrogens is 1. The summed E-state index contributed by atoms with van der Waals surface area (Å²) in [6, 6.07) is 3.95. The number of nitrogens with zero attached hydrogens (tertiary/aromatic N) is 3. The maximum atomic E-state index is 12.2. The molecule has 2 heterocycles. The number of thiazole rings is 1. The fourth-order valence-electron chi connectivity index (χ4n) is 2.53. The number of nitro groups is 1. The summed E-state index contributed by atoms with van der Waals surface area (Å²) in [6.07, 6.45) is 0.592. The molecule has 0 radical (unpaired) electrons. The number of hydrogen-bond acceptors (Lipinski definition) is 7. The van der Waals surface area contributed by atoms with E-state index in [-0.39, 0.29) is 30.4 Å². The molecule has 0 atom stereocenters. The number of carbonyl (C=O) groups excluding carboxylic acids is 2. The van der Waals surface area contributed by atoms with Crippen molar-refractivity contribution in [3.8, 4) is 5.75 Å². The predicted octanol–water partition coefficient (Wildman–Crippen LogP) is 1.44. The number of ether oxygens (including phenoxy) is 1. The third-order valence-corrected chi connectivity index (χ3v) is 4.59. The van der Waals surface area contributed by atoms with Gasteiger partial charge in [-0.1, -0.05) is 0 Å². The number of nitrogens with one attached hydrogen (secondary N) is 1. The van der Waals surface area contributed by atoms with Crippen LogP contribution in [0, 0.1) is 17.0 Å². The van der Waals surface area contributed by atoms with Crippen LogP contribution in [0.2, 0.25) is 0 Å². The lowest BCUT2D eigenvalue weighted by Crippen LogP contribution is -2.45. The van der Waals surface area contributed by atoms with Crippen LogP contribution in [-0.4, -0.2) is 41.4 Å². The van der Waals surface area contributed by atoms with E-state index in [1.807, 2.05) is 12.3 Å². The minimum Gasteiger partial charge on any atom is -0.482 e. The average molecular weight is 376 g/mol. The molecule has 1 aromatic carbocycles. The van der Waals surface area contributed by atoms with Crippen LogP contribution in [0.15, 0.2) is 23.6 Å². The van der Waals surface area contributed by atoms with Gasteiger partial charge in [0.1, 0.15) is 12.3 Å². The van der Waals surface area contributed by atoms with Crippen molar-refractivity contribution in [1.82, 2.24) is 10.3 Å². The maximum Gasteiger partial charge on any atom is 0.271 e. The van der Waals surface area contributed by atoms with Gasteiger partial charge in [0.25, 0.3) is 11.6 Å². The van der Waals surface area contributed by atoms with Crippen LogP contribution in [0.3, 0.4) is 0 Å². The van der Waals surface area contributed by atoms with E-state index in [2.05, 4.69) is 10.3 Å². The van der Waals surface area contributed by atoms with Gasteiger partial charge in [0.15, 0.2) is 6.61 Å². The minimum absolute atomic E-state index is 0.175. The molecule has 0 unspecified atom stereocenters. The molecule has 26 heavy (non-hydrogen) atoms. The lowest BCUT2D eigenvalue weighted by Gasteiger charge is -2.28. The molecule has 2 amide bonds. The van der Waals surface area contributed by atoms with Crippen molar-refractivity contribution in [2.75, 3.05) is 24.6 Å². The summed E-state index contributed by atoms with van der Waals surface area (Å²) >= 11 is 1.54. The van der Waals surface area contributed by atoms with Gasteiger partial charge in [-0.25, -0.2) is 4.98 Å². The first kappa shape index (κ1) is 17.8. The van der Waals surface area contributed by atoms with Crippen LogP contribution in [0.1, 0.15) is 10.7 Å². The van der Waals surface area contributed by atoms with Crippen molar-refractivity contribution < 1.29 is 19.2 Å². The highest BCUT2D eigenvalue weighted by Crippen LogP contribution is 2.35. The Kier molecular flexibility index (Phi) is 5.12. The van der Waals surface area contributed by atoms with E-state index in [1.165, 1.54) is 23.1 Å². The SMILES string of the molecule is Cc1nc(CCNC(=O)CN2C(=O)COc3ccc([N+](=O)[O-])cc32)cs1. The van der Waals surface area contributed by atoms with Crippen molar-refractivity contribution >= 4 is 34.5 Å². The average Bonchev–Trinajstić information content (AvgIpc) is 3.02. The zero-order valence-corrected chi connectivity index (χ0v) is 14.7. The molecule has 0 bridgehead atoms. The first-order chi connectivity index (χ1) is 12.4. The quantitative estimate of drug-likeness (QED) is 0.603. The van der Waals surface area contributed by atoms with Crippen LogP contribution >= 0.6 is 11.3 Å². The number of non-ortho nitro benzene ring substituents is 1. The lowest BCUT2D eigenvalue weighted by molar-refractivity contribution is -0.384. The number of hydrogen-bond donors (Lipinski definition) is 1. The van der Waals surface area contributed by atoms with Gasteiger partial charge in [-0.2, -0.15) is 0 Å². The van der Waals surface area contributed by atoms with Gasteiger partial charge in [0.2, 0.25) is 5.91 Å². The molecule has 0 saturated heterocycles. The first-order valence-corrected chi connectivity index (χ1v) is 8.71. The lowest BCUT2D eigenvalue weighted by atomic mass is 10.2. The van der Waals surface area contributed by atoms with Gasteiger partial charge in [0, 0.05) is 30.5 Å². The normalized spacial score (nSPS) is 13.1. The van der Waals surface area contributed by atoms with Gasteiger partial charge in [0.05, 0.1) is 21.3 Å². The summed E-state index contributed by atoms with van der Waals surface area (Å²) < 4.78 is 5.27. The van der Waals surface area contributed by atoms with Gasteiger partial charge in [-0.15, -0.1) is 11.3 Å². The van der Waals surface area contributed by atoms with Crippen molar-refractivity contribution in [2.24, 2.45) is 0 Å². The highest BCUT2D eigenvalue weighted by atomic mass is 32.1. The second-order valence-corrected chi connectivity index (χ2v) is 6.70. The maximum absolute atomic E-state index is 12.2. The molecule has 1 aliphatic rings. The molecule has 1 aliphatic heterocycles. The summed E-state index contributed by atoms with van der Waals surface area (Å²) in [5, 5.41) is 16.6. The summed E-state index contributed by atoms with van der Waals surface area (Å²) in [5.41, 5.74) is 0.948. The molecule has 1 aromatic heterocycles. The van der Waals surface area contributed by atoms with E-state index in [1.54, 1.807) is 11.3 Å². The van der Waals surface area contributed by atoms with Crippen molar-refractivity contribution in [1.29, 1.82) is 0 Å². The number of anilines is 1. The Labute approximate surface area is 152 Å². The molecular formula is C16H16N4O5S. The summed E-state index contributed by atoms with van der Waals surface area (Å²) in [6.45, 7) is 1.86. The number of rotatable bonds is 6. The van der Waals surface area contributed by atoms with E-state index < -0.39 is 10.8 Å². The largest absolute Gasteiger partial charge is 0.482 e. The third-order valence-electron chi connectivity index (χ3n) is 3.77. The Morgan fingerprint density at radius 3 is 3.00 bits per heavy atom. The van der Waals surface area contributed by atoms with E-state index in [0.29, 0.717) is 18.7 Å². The molecule has 136 valence electrons. The zero-order chi connectivity index (χ0) is 18.7. The van der Waals surface area contributed by atoms with Crippen molar-refractivity contribution in [3.05, 3.63) is 44.4 Å². The number of carbonyl (C=O) groups is 2. The summed E-state index contributed by atoms with van der Waals surface area (Å²) in [5.74, 6) is -0.450. The van der Waals surface area contributed by atoms with Crippen molar-refractivity contribution in [3.63, 3.8) is 0 Å². The molecule has 2 aromatic rings. The summed E-state index contributed by atoms with van der Waals surface area (Å²) in [4.78, 5) is 40.2. The minimum atomic E-state index is -0.562. The van der Waals surface area contributed by atoms with Gasteiger partial charge in [-0.05, 0) is 13.0 Å². The fraction of sp³-hybridized carbons (Fsp3) is 0.312. The van der Waals surface area contributed by atoms with Crippen LogP contribution in [0.25, 0.3) is 0 Å². The molecule has 9 nitrogen and oxygen atoms in total. The molecular weight excluding hydrogens is 360 g/mol. The number of aryl methyl sites for hydroxylation is 1. The van der Waals surface area contributed by atoms with Gasteiger partial charge in [-0.3, -0.25) is 24.6 Å². The summed E-state index contributed by atoms with van der Waals surface area (Å²) in [7, 11) is 0. The Hall–Kier alpha value is -3.01. The fourth-order valence-corrected chi connectivity index (χ4v) is 3.18. The smallest absolute Gasteiger partial charge is 0.271 e. The van der Waals surface area contributed by atoms with Crippen molar-refractivity contribution in [2.45, 2.75) is 13.3 Å². The molecule has 0 saturated carbocycles. The molecule has 10 heteroatoms. The Bertz CT molecular complexity index is 866. The predicted molar refractivity (Wildman–Crippen MR) is 94.5 cm³/mol. The molecule has 1 N–H and O–H groups in total. The number of nitro benzene ring substituents is 1. The topological polar surface area (TPSA) is 115 Å². The monoisotopic (exact) mass is 376 g/mol. The first-order valence-electron chi connectivity index (χ1n) is 7.83. The Morgan fingerprint density at radius 2 is 2.31 bits per heavy atom. The molecule has 0 aliphatic carbocycles. The molecule has 0 spiro atoms. The second kappa shape index (κ2) is 7.48. The van der Waals surface area contributed by atoms with Crippen LogP contribution < -0.4 is 15.0 Å². The number of benzene rings is 1. The van der Waals surface area contributed by atoms with E-state index in [9.17, 15) is 19.7 Å². The van der Waals surface area contributed by atoms with Gasteiger partial charge >= 0.3 is 0 Å². The number of fused-ring (bicyclic) bond motifs is 1. The van der Waals surface area contributed by atoms with Gasteiger partial charge < -0.3 is 10.1 Å². The zero-order valence-electron chi connectivity index (χ0n) is 13.9. The van der Waals surface area contributed by atoms with Crippen LogP contribution in [-0.2, 0) is 16.0 Å². The highest BCUT2D eigenvalue weighted by Gasteiger charge is 2.29. The number of amides is 2. The third kappa shape index (κ3) is 3.97.